The molecule has 0 bridgehead atoms. The number of carbonyl (C=O) groups is 3. The fourth-order valence-corrected chi connectivity index (χ4v) is 5.27. The van der Waals surface area contributed by atoms with Crippen LogP contribution in [0.15, 0.2) is 18.3 Å². The van der Waals surface area contributed by atoms with Gasteiger partial charge in [-0.25, -0.2) is 9.78 Å². The average Bonchev–Trinajstić information content (AvgIpc) is 3.20. The molecule has 4 rings (SSSR count). The topological polar surface area (TPSA) is 139 Å². The highest BCUT2D eigenvalue weighted by Crippen LogP contribution is 2.47. The summed E-state index contributed by atoms with van der Waals surface area (Å²) in [5.74, 6) is -2.31. The summed E-state index contributed by atoms with van der Waals surface area (Å²) < 4.78 is 0. The third-order valence-electron chi connectivity index (χ3n) is 6.53. The third-order valence-corrected chi connectivity index (χ3v) is 7.66. The third kappa shape index (κ3) is 3.34. The zero-order chi connectivity index (χ0) is 22.6. The van der Waals surface area contributed by atoms with E-state index in [1.54, 1.807) is 13.1 Å². The summed E-state index contributed by atoms with van der Waals surface area (Å²) in [4.78, 5) is 47.9. The predicted octanol–water partition coefficient (Wildman–Crippen LogP) is 2.75. The smallest absolute Gasteiger partial charge is 0.408 e. The number of aryl methyl sites for hydroxylation is 1. The van der Waals surface area contributed by atoms with Crippen molar-refractivity contribution >= 4 is 34.4 Å². The monoisotopic (exact) mass is 443 g/mol. The Hall–Kier alpha value is -3.01. The maximum Gasteiger partial charge on any atom is 0.408 e. The molecule has 0 radical (unpaired) electrons. The maximum atomic E-state index is 13.2. The molecule has 3 heterocycles. The first kappa shape index (κ1) is 21.2. The predicted molar refractivity (Wildman–Crippen MR) is 116 cm³/mol. The summed E-state index contributed by atoms with van der Waals surface area (Å²) >= 11 is 1.27. The Balaban J connectivity index is 1.64. The zero-order valence-corrected chi connectivity index (χ0v) is 18.5. The van der Waals surface area contributed by atoms with E-state index in [1.165, 1.54) is 11.3 Å². The van der Waals surface area contributed by atoms with Crippen LogP contribution in [0.4, 0.5) is 9.93 Å². The van der Waals surface area contributed by atoms with Crippen LogP contribution in [0, 0.1) is 12.8 Å². The van der Waals surface area contributed by atoms with Crippen LogP contribution in [-0.2, 0) is 15.0 Å². The van der Waals surface area contributed by atoms with Crippen LogP contribution in [0.1, 0.15) is 44.5 Å². The SMILES string of the molecule is Cc1nc(NC(=O)[C@@]2(C(N)=O)[C@H](C)CCN2C(=O)O)sc1-c1ccnc(C2(C)CC2)c1. The number of carboxylic acid groups (broad SMARTS) is 1. The van der Waals surface area contributed by atoms with Crippen molar-refractivity contribution in [1.29, 1.82) is 0 Å². The molecule has 10 heteroatoms. The summed E-state index contributed by atoms with van der Waals surface area (Å²) in [6.45, 7) is 5.74. The van der Waals surface area contributed by atoms with Crippen molar-refractivity contribution in [3.8, 4) is 10.4 Å². The number of anilines is 1. The second-order valence-corrected chi connectivity index (χ2v) is 9.63. The summed E-state index contributed by atoms with van der Waals surface area (Å²) in [6, 6.07) is 3.95. The van der Waals surface area contributed by atoms with Crippen LogP contribution < -0.4 is 11.1 Å². The standard InChI is InChI=1S/C21H25N5O4S/c1-11-5-9-26(19(29)30)21(11,16(22)27)17(28)25-18-24-12(2)15(31-18)13-4-8-23-14(10-13)20(3)6-7-20/h4,8,10-11H,5-7,9H2,1-3H3,(H2,22,27)(H,29,30)(H,24,25,28)/t11-,21+/m1/s1. The fraction of sp³-hybridized carbons (Fsp3) is 0.476. The van der Waals surface area contributed by atoms with Crippen LogP contribution in [0.5, 0.6) is 0 Å². The Morgan fingerprint density at radius 1 is 1.35 bits per heavy atom. The van der Waals surface area contributed by atoms with E-state index in [9.17, 15) is 19.5 Å². The molecule has 0 unspecified atom stereocenters. The number of nitrogens with two attached hydrogens (primary N) is 1. The molecule has 2 aromatic heterocycles. The minimum atomic E-state index is -1.96. The first-order valence-electron chi connectivity index (χ1n) is 10.2. The van der Waals surface area contributed by atoms with Gasteiger partial charge in [0.05, 0.1) is 10.6 Å². The highest BCUT2D eigenvalue weighted by atomic mass is 32.1. The first-order chi connectivity index (χ1) is 14.6. The molecule has 2 atom stereocenters. The molecule has 0 spiro atoms. The molecule has 2 aromatic rings. The van der Waals surface area contributed by atoms with E-state index in [-0.39, 0.29) is 12.0 Å². The molecule has 9 nitrogen and oxygen atoms in total. The van der Waals surface area contributed by atoms with Gasteiger partial charge in [-0.15, -0.1) is 0 Å². The minimum absolute atomic E-state index is 0.0631. The molecule has 2 fully saturated rings. The molecule has 164 valence electrons. The number of thiazole rings is 1. The lowest BCUT2D eigenvalue weighted by molar-refractivity contribution is -0.140. The van der Waals surface area contributed by atoms with E-state index in [0.29, 0.717) is 11.6 Å². The lowest BCUT2D eigenvalue weighted by Crippen LogP contribution is -2.65. The number of aromatic nitrogens is 2. The van der Waals surface area contributed by atoms with Gasteiger partial charge in [0.2, 0.25) is 5.54 Å². The summed E-state index contributed by atoms with van der Waals surface area (Å²) in [6.07, 6.45) is 3.01. The van der Waals surface area contributed by atoms with Crippen molar-refractivity contribution in [2.45, 2.75) is 51.0 Å². The van der Waals surface area contributed by atoms with E-state index >= 15 is 0 Å². The van der Waals surface area contributed by atoms with Crippen molar-refractivity contribution in [1.82, 2.24) is 14.9 Å². The quantitative estimate of drug-likeness (QED) is 0.607. The average molecular weight is 444 g/mol. The Morgan fingerprint density at radius 3 is 2.68 bits per heavy atom. The van der Waals surface area contributed by atoms with E-state index in [4.69, 9.17) is 5.73 Å². The number of nitrogens with zero attached hydrogens (tertiary/aromatic N) is 3. The number of rotatable bonds is 5. The van der Waals surface area contributed by atoms with Gasteiger partial charge in [0.15, 0.2) is 5.13 Å². The number of nitrogens with one attached hydrogen (secondary N) is 1. The van der Waals surface area contributed by atoms with E-state index in [1.807, 2.05) is 13.0 Å². The Kier molecular flexibility index (Phi) is 5.00. The molecule has 1 aliphatic heterocycles. The van der Waals surface area contributed by atoms with Crippen LogP contribution in [0.25, 0.3) is 10.4 Å². The van der Waals surface area contributed by atoms with Crippen molar-refractivity contribution in [2.24, 2.45) is 11.7 Å². The van der Waals surface area contributed by atoms with Crippen molar-refractivity contribution in [3.05, 3.63) is 29.7 Å². The van der Waals surface area contributed by atoms with Gasteiger partial charge in [0, 0.05) is 23.9 Å². The van der Waals surface area contributed by atoms with Gasteiger partial charge in [0.25, 0.3) is 11.8 Å². The molecule has 1 saturated heterocycles. The Bertz CT molecular complexity index is 1080. The fourth-order valence-electron chi connectivity index (χ4n) is 4.31. The number of pyridine rings is 1. The molecule has 1 aliphatic carbocycles. The number of likely N-dealkylation sites (tertiary alicyclic amines) is 1. The number of hydrogen-bond acceptors (Lipinski definition) is 6. The van der Waals surface area contributed by atoms with Crippen molar-refractivity contribution < 1.29 is 19.5 Å². The first-order valence-corrected chi connectivity index (χ1v) is 11.0. The van der Waals surface area contributed by atoms with Gasteiger partial charge in [-0.1, -0.05) is 25.2 Å². The Morgan fingerprint density at radius 2 is 2.06 bits per heavy atom. The normalized spacial score (nSPS) is 24.1. The lowest BCUT2D eigenvalue weighted by atomic mass is 9.84. The largest absolute Gasteiger partial charge is 0.465 e. The van der Waals surface area contributed by atoms with Gasteiger partial charge in [0.1, 0.15) is 0 Å². The molecule has 4 N–H and O–H groups in total. The molecule has 1 saturated carbocycles. The van der Waals surface area contributed by atoms with Crippen molar-refractivity contribution in [2.75, 3.05) is 11.9 Å². The highest BCUT2D eigenvalue weighted by molar-refractivity contribution is 7.19. The van der Waals surface area contributed by atoms with Gasteiger partial charge >= 0.3 is 6.09 Å². The van der Waals surface area contributed by atoms with Crippen LogP contribution in [0.3, 0.4) is 0 Å². The Labute approximate surface area is 183 Å². The second kappa shape index (κ2) is 7.30. The highest BCUT2D eigenvalue weighted by Gasteiger charge is 2.59. The molecular weight excluding hydrogens is 418 g/mol. The molecule has 0 aromatic carbocycles. The molecule has 2 aliphatic rings. The minimum Gasteiger partial charge on any atom is -0.465 e. The van der Waals surface area contributed by atoms with Crippen LogP contribution in [0.2, 0.25) is 0 Å². The van der Waals surface area contributed by atoms with Gasteiger partial charge in [-0.2, -0.15) is 0 Å². The van der Waals surface area contributed by atoms with Crippen LogP contribution >= 0.6 is 11.3 Å². The molecule has 31 heavy (non-hydrogen) atoms. The number of primary amides is 1. The summed E-state index contributed by atoms with van der Waals surface area (Å²) in [5.41, 5.74) is 6.44. The lowest BCUT2D eigenvalue weighted by Gasteiger charge is -2.34. The van der Waals surface area contributed by atoms with Crippen molar-refractivity contribution in [3.63, 3.8) is 0 Å². The van der Waals surface area contributed by atoms with Gasteiger partial charge in [-0.3, -0.25) is 24.8 Å². The maximum absolute atomic E-state index is 13.2. The number of hydrogen-bond donors (Lipinski definition) is 3. The number of carbonyl (C=O) groups excluding carboxylic acids is 2. The van der Waals surface area contributed by atoms with E-state index in [2.05, 4.69) is 28.3 Å². The van der Waals surface area contributed by atoms with E-state index in [0.717, 1.165) is 39.6 Å². The number of amides is 3. The van der Waals surface area contributed by atoms with E-state index < -0.39 is 29.4 Å². The van der Waals surface area contributed by atoms with Gasteiger partial charge < -0.3 is 10.8 Å². The van der Waals surface area contributed by atoms with Gasteiger partial charge in [-0.05, 0) is 49.8 Å². The zero-order valence-electron chi connectivity index (χ0n) is 17.6. The second-order valence-electron chi connectivity index (χ2n) is 8.63. The van der Waals surface area contributed by atoms with Crippen LogP contribution in [-0.4, -0.2) is 50.0 Å². The summed E-state index contributed by atoms with van der Waals surface area (Å²) in [7, 11) is 0. The summed E-state index contributed by atoms with van der Waals surface area (Å²) in [5, 5.41) is 12.5. The molecule has 3 amide bonds. The molecular formula is C21H25N5O4S.